The number of halogens is 1. The summed E-state index contributed by atoms with van der Waals surface area (Å²) in [4.78, 5) is 0. The van der Waals surface area contributed by atoms with Gasteiger partial charge in [0.25, 0.3) is 0 Å². The van der Waals surface area contributed by atoms with Crippen LogP contribution in [0.3, 0.4) is 0 Å². The van der Waals surface area contributed by atoms with Crippen molar-refractivity contribution in [2.24, 2.45) is 0 Å². The Kier molecular flexibility index (Phi) is 6.70. The average Bonchev–Trinajstić information content (AvgIpc) is 2.43. The zero-order valence-corrected chi connectivity index (χ0v) is 13.5. The van der Waals surface area contributed by atoms with Gasteiger partial charge in [0.15, 0.2) is 0 Å². The van der Waals surface area contributed by atoms with Gasteiger partial charge in [0.05, 0.1) is 0 Å². The summed E-state index contributed by atoms with van der Waals surface area (Å²) >= 11 is 0. The zero-order valence-electron chi connectivity index (χ0n) is 13.5. The lowest BCUT2D eigenvalue weighted by Crippen LogP contribution is -1.97. The molecule has 0 N–H and O–H groups in total. The summed E-state index contributed by atoms with van der Waals surface area (Å²) in [5.74, 6) is 0.501. The fraction of sp³-hybridized carbons (Fsp3) is 0.474. The summed E-state index contributed by atoms with van der Waals surface area (Å²) in [7, 11) is 0. The van der Waals surface area contributed by atoms with Crippen LogP contribution in [0, 0.1) is 6.92 Å². The van der Waals surface area contributed by atoms with Gasteiger partial charge in [0.2, 0.25) is 0 Å². The van der Waals surface area contributed by atoms with E-state index in [1.165, 1.54) is 23.6 Å². The van der Waals surface area contributed by atoms with E-state index in [1.54, 1.807) is 0 Å². The van der Waals surface area contributed by atoms with Gasteiger partial charge in [-0.3, -0.25) is 0 Å². The Labute approximate surface area is 123 Å². The molecule has 0 aliphatic heterocycles. The van der Waals surface area contributed by atoms with Crippen molar-refractivity contribution in [3.63, 3.8) is 0 Å². The number of rotatable bonds is 6. The third-order valence-corrected chi connectivity index (χ3v) is 3.93. The van der Waals surface area contributed by atoms with E-state index in [4.69, 9.17) is 0 Å². The first kappa shape index (κ1) is 16.7. The predicted octanol–water partition coefficient (Wildman–Crippen LogP) is 6.26. The van der Waals surface area contributed by atoms with Crippen LogP contribution in [0.4, 0.5) is 4.39 Å². The molecule has 110 valence electrons. The summed E-state index contributed by atoms with van der Waals surface area (Å²) in [5.41, 5.74) is 4.63. The third-order valence-electron chi connectivity index (χ3n) is 3.93. The molecule has 0 bridgehead atoms. The molecule has 0 heterocycles. The van der Waals surface area contributed by atoms with Crippen molar-refractivity contribution >= 4 is 0 Å². The van der Waals surface area contributed by atoms with E-state index in [9.17, 15) is 4.39 Å². The Morgan fingerprint density at radius 3 is 2.50 bits per heavy atom. The molecule has 20 heavy (non-hydrogen) atoms. The highest BCUT2D eigenvalue weighted by molar-refractivity contribution is 5.38. The maximum atomic E-state index is 13.6. The van der Waals surface area contributed by atoms with Crippen LogP contribution in [0.15, 0.2) is 41.8 Å². The van der Waals surface area contributed by atoms with Crippen molar-refractivity contribution in [2.75, 3.05) is 0 Å². The van der Waals surface area contributed by atoms with Crippen LogP contribution in [0.2, 0.25) is 0 Å². The first-order valence-electron chi connectivity index (χ1n) is 7.60. The minimum atomic E-state index is -0.0832. The van der Waals surface area contributed by atoms with E-state index in [1.807, 2.05) is 12.2 Å². The Morgan fingerprint density at radius 2 is 2.00 bits per heavy atom. The maximum absolute atomic E-state index is 13.6. The van der Waals surface area contributed by atoms with E-state index >= 15 is 0 Å². The second-order valence-corrected chi connectivity index (χ2v) is 5.54. The summed E-state index contributed by atoms with van der Waals surface area (Å²) in [6.45, 7) is 10.2. The average molecular weight is 274 g/mol. The molecule has 0 saturated carbocycles. The van der Waals surface area contributed by atoms with Gasteiger partial charge in [-0.25, -0.2) is 4.39 Å². The number of hydrogen-bond donors (Lipinski definition) is 0. The molecule has 0 aromatic heterocycles. The highest BCUT2D eigenvalue weighted by atomic mass is 19.1. The normalized spacial score (nSPS) is 14.5. The van der Waals surface area contributed by atoms with Crippen LogP contribution >= 0.6 is 0 Å². The van der Waals surface area contributed by atoms with Crippen LogP contribution in [0.5, 0.6) is 0 Å². The van der Waals surface area contributed by atoms with Gasteiger partial charge in [-0.2, -0.15) is 0 Å². The molecule has 1 atom stereocenters. The molecule has 1 aromatic rings. The van der Waals surface area contributed by atoms with Gasteiger partial charge in [-0.15, -0.1) is 0 Å². The highest BCUT2D eigenvalue weighted by Gasteiger charge is 2.08. The lowest BCUT2D eigenvalue weighted by molar-refractivity contribution is 0.627. The molecule has 1 unspecified atom stereocenters. The SMILES string of the molecule is CC/C=C\C(Cc1ccc(C(C)CC)cc1C)=C(/C)F. The molecule has 1 rings (SSSR count). The Morgan fingerprint density at radius 1 is 1.30 bits per heavy atom. The Bertz CT molecular complexity index is 490. The monoisotopic (exact) mass is 274 g/mol. The Hall–Kier alpha value is -1.37. The van der Waals surface area contributed by atoms with E-state index in [2.05, 4.69) is 45.9 Å². The van der Waals surface area contributed by atoms with Gasteiger partial charge in [-0.05, 0) is 54.9 Å². The fourth-order valence-corrected chi connectivity index (χ4v) is 2.22. The molecule has 0 aliphatic rings. The molecule has 0 spiro atoms. The standard InChI is InChI=1S/C19H27F/c1-6-8-9-19(16(5)20)13-18-11-10-17(12-15(18)4)14(3)7-2/h8-12,14H,6-7,13H2,1-5H3/b9-8-,19-16-. The van der Waals surface area contributed by atoms with Gasteiger partial charge in [-0.1, -0.05) is 51.1 Å². The van der Waals surface area contributed by atoms with Crippen LogP contribution in [0.25, 0.3) is 0 Å². The van der Waals surface area contributed by atoms with Crippen LogP contribution in [-0.2, 0) is 6.42 Å². The summed E-state index contributed by atoms with van der Waals surface area (Å²) in [6, 6.07) is 6.59. The van der Waals surface area contributed by atoms with Crippen molar-refractivity contribution in [3.8, 4) is 0 Å². The molecule has 0 radical (unpaired) electrons. The largest absolute Gasteiger partial charge is 0.212 e. The molecule has 0 amide bonds. The second kappa shape index (κ2) is 8.04. The van der Waals surface area contributed by atoms with Gasteiger partial charge in [0, 0.05) is 6.42 Å². The topological polar surface area (TPSA) is 0 Å². The lowest BCUT2D eigenvalue weighted by Gasteiger charge is -2.13. The van der Waals surface area contributed by atoms with Gasteiger partial charge >= 0.3 is 0 Å². The summed E-state index contributed by atoms with van der Waals surface area (Å²) in [5, 5.41) is 0. The van der Waals surface area contributed by atoms with E-state index in [0.717, 1.165) is 18.4 Å². The van der Waals surface area contributed by atoms with Crippen molar-refractivity contribution in [1.82, 2.24) is 0 Å². The Balaban J connectivity index is 2.98. The smallest absolute Gasteiger partial charge is 0.100 e. The minimum Gasteiger partial charge on any atom is -0.212 e. The van der Waals surface area contributed by atoms with Crippen molar-refractivity contribution in [3.05, 3.63) is 58.4 Å². The number of allylic oxidation sites excluding steroid dienone is 4. The van der Waals surface area contributed by atoms with Crippen LogP contribution in [-0.4, -0.2) is 0 Å². The molecule has 0 aliphatic carbocycles. The van der Waals surface area contributed by atoms with Crippen molar-refractivity contribution in [1.29, 1.82) is 0 Å². The number of hydrogen-bond acceptors (Lipinski definition) is 0. The second-order valence-electron chi connectivity index (χ2n) is 5.54. The summed E-state index contributed by atoms with van der Waals surface area (Å²) in [6.07, 6.45) is 6.68. The molecular formula is C19H27F. The third kappa shape index (κ3) is 4.63. The minimum absolute atomic E-state index is 0.0832. The number of benzene rings is 1. The first-order valence-corrected chi connectivity index (χ1v) is 7.60. The van der Waals surface area contributed by atoms with Crippen molar-refractivity contribution < 1.29 is 4.39 Å². The van der Waals surface area contributed by atoms with E-state index in [0.29, 0.717) is 12.3 Å². The molecule has 0 nitrogen and oxygen atoms in total. The van der Waals surface area contributed by atoms with E-state index in [-0.39, 0.29) is 5.83 Å². The summed E-state index contributed by atoms with van der Waals surface area (Å²) < 4.78 is 13.6. The maximum Gasteiger partial charge on any atom is 0.100 e. The van der Waals surface area contributed by atoms with Gasteiger partial charge < -0.3 is 0 Å². The molecule has 1 heteroatoms. The lowest BCUT2D eigenvalue weighted by atomic mass is 9.92. The molecule has 1 aromatic carbocycles. The van der Waals surface area contributed by atoms with Crippen molar-refractivity contribution in [2.45, 2.75) is 59.8 Å². The first-order chi connectivity index (χ1) is 9.49. The quantitative estimate of drug-likeness (QED) is 0.537. The molecular weight excluding hydrogens is 247 g/mol. The van der Waals surface area contributed by atoms with Gasteiger partial charge in [0.1, 0.15) is 5.83 Å². The van der Waals surface area contributed by atoms with Crippen LogP contribution in [0.1, 0.15) is 63.1 Å². The van der Waals surface area contributed by atoms with Crippen LogP contribution < -0.4 is 0 Å². The molecule has 0 saturated heterocycles. The highest BCUT2D eigenvalue weighted by Crippen LogP contribution is 2.24. The zero-order chi connectivity index (χ0) is 15.1. The predicted molar refractivity (Wildman–Crippen MR) is 86.8 cm³/mol. The molecule has 0 fully saturated rings. The van der Waals surface area contributed by atoms with E-state index < -0.39 is 0 Å². The number of aryl methyl sites for hydroxylation is 1. The fourth-order valence-electron chi connectivity index (χ4n) is 2.22.